The van der Waals surface area contributed by atoms with Crippen molar-refractivity contribution in [1.82, 2.24) is 24.6 Å². The van der Waals surface area contributed by atoms with Gasteiger partial charge in [-0.15, -0.1) is 0 Å². The molecule has 0 spiro atoms. The lowest BCUT2D eigenvalue weighted by atomic mass is 9.92. The van der Waals surface area contributed by atoms with Crippen LogP contribution >= 0.6 is 11.6 Å². The number of hydrogen-bond acceptors (Lipinski definition) is 6. The first-order valence-electron chi connectivity index (χ1n) is 10.9. The number of aromatic nitrogens is 3. The Kier molecular flexibility index (Phi) is 5.84. The number of imidazole rings is 1. The van der Waals surface area contributed by atoms with Crippen molar-refractivity contribution in [2.75, 3.05) is 45.2 Å². The summed E-state index contributed by atoms with van der Waals surface area (Å²) in [6.07, 6.45) is 5.79. The summed E-state index contributed by atoms with van der Waals surface area (Å²) in [5.74, 6) is 1.20. The maximum absolute atomic E-state index is 6.45. The Bertz CT molecular complexity index is 1050. The van der Waals surface area contributed by atoms with Crippen LogP contribution in [0.4, 0.5) is 5.82 Å². The van der Waals surface area contributed by atoms with Crippen LogP contribution in [0.15, 0.2) is 42.7 Å². The van der Waals surface area contributed by atoms with E-state index in [0.717, 1.165) is 56.1 Å². The number of piperidine rings is 1. The molecule has 3 aromatic rings. The monoisotopic (exact) mass is 440 g/mol. The molecule has 2 aliphatic heterocycles. The first-order chi connectivity index (χ1) is 15.1. The predicted octanol–water partition coefficient (Wildman–Crippen LogP) is 3.32. The molecule has 0 unspecified atom stereocenters. The van der Waals surface area contributed by atoms with Crippen molar-refractivity contribution in [1.29, 1.82) is 0 Å². The normalized spacial score (nSPS) is 25.3. The lowest BCUT2D eigenvalue weighted by Gasteiger charge is -2.35. The third-order valence-electron chi connectivity index (χ3n) is 6.52. The van der Waals surface area contributed by atoms with Crippen LogP contribution in [0.25, 0.3) is 5.65 Å². The molecule has 0 saturated carbocycles. The van der Waals surface area contributed by atoms with Gasteiger partial charge < -0.3 is 19.9 Å². The van der Waals surface area contributed by atoms with Crippen molar-refractivity contribution >= 4 is 23.1 Å². The van der Waals surface area contributed by atoms with Crippen molar-refractivity contribution in [3.8, 4) is 0 Å². The van der Waals surface area contributed by atoms with Gasteiger partial charge in [-0.05, 0) is 44.2 Å². The van der Waals surface area contributed by atoms with Gasteiger partial charge >= 0.3 is 0 Å². The minimum Gasteiger partial charge on any atom is -0.381 e. The van der Waals surface area contributed by atoms with Gasteiger partial charge in [0, 0.05) is 45.7 Å². The molecule has 0 radical (unpaired) electrons. The number of nitrogens with one attached hydrogen (secondary N) is 1. The summed E-state index contributed by atoms with van der Waals surface area (Å²) in [5.41, 5.74) is 2.87. The van der Waals surface area contributed by atoms with E-state index in [-0.39, 0.29) is 18.2 Å². The van der Waals surface area contributed by atoms with E-state index < -0.39 is 0 Å². The highest BCUT2D eigenvalue weighted by Gasteiger charge is 2.33. The molecular formula is C23H29ClN6O. The van der Waals surface area contributed by atoms with Gasteiger partial charge in [0.15, 0.2) is 0 Å². The molecule has 31 heavy (non-hydrogen) atoms. The lowest BCUT2D eigenvalue weighted by Crippen LogP contribution is -2.45. The van der Waals surface area contributed by atoms with Crippen LogP contribution in [0.2, 0.25) is 5.02 Å². The molecule has 7 nitrogen and oxygen atoms in total. The highest BCUT2D eigenvalue weighted by atomic mass is 35.5. The maximum atomic E-state index is 6.45. The Morgan fingerprint density at radius 3 is 2.65 bits per heavy atom. The van der Waals surface area contributed by atoms with Crippen molar-refractivity contribution in [2.45, 2.75) is 31.0 Å². The Hall–Kier alpha value is -2.19. The quantitative estimate of drug-likeness (QED) is 0.671. The maximum Gasteiger partial charge on any atom is 0.138 e. The number of methoxy groups -OCH3 is 1. The molecule has 1 N–H and O–H groups in total. The molecule has 5 rings (SSSR count). The Morgan fingerprint density at radius 1 is 1.06 bits per heavy atom. The van der Waals surface area contributed by atoms with Gasteiger partial charge in [-0.25, -0.2) is 4.98 Å². The molecule has 2 aliphatic rings. The van der Waals surface area contributed by atoms with Crippen molar-refractivity contribution < 1.29 is 4.74 Å². The van der Waals surface area contributed by atoms with Crippen LogP contribution in [-0.4, -0.2) is 65.7 Å². The van der Waals surface area contributed by atoms with E-state index in [2.05, 4.69) is 55.9 Å². The van der Waals surface area contributed by atoms with Crippen molar-refractivity contribution in [3.63, 3.8) is 0 Å². The summed E-state index contributed by atoms with van der Waals surface area (Å²) >= 11 is 6.45. The average Bonchev–Trinajstić information content (AvgIpc) is 3.24. The number of pyridine rings is 2. The van der Waals surface area contributed by atoms with Crippen LogP contribution in [-0.2, 0) is 4.74 Å². The zero-order valence-corrected chi connectivity index (χ0v) is 18.8. The number of nitrogens with zero attached hydrogens (tertiary/aromatic N) is 5. The van der Waals surface area contributed by atoms with Crippen molar-refractivity contribution in [3.05, 3.63) is 59.1 Å². The zero-order valence-electron chi connectivity index (χ0n) is 18.0. The van der Waals surface area contributed by atoms with Gasteiger partial charge in [0.1, 0.15) is 11.5 Å². The first-order valence-corrected chi connectivity index (χ1v) is 11.3. The first kappa shape index (κ1) is 20.7. The van der Waals surface area contributed by atoms with Gasteiger partial charge in [0.25, 0.3) is 0 Å². The molecular weight excluding hydrogens is 412 g/mol. The van der Waals surface area contributed by atoms with E-state index in [0.29, 0.717) is 5.02 Å². The summed E-state index contributed by atoms with van der Waals surface area (Å²) in [6.45, 7) is 4.20. The number of rotatable bonds is 4. The van der Waals surface area contributed by atoms with E-state index in [1.807, 2.05) is 12.1 Å². The number of anilines is 1. The minimum atomic E-state index is 0.0271. The minimum absolute atomic E-state index is 0.0271. The van der Waals surface area contributed by atoms with Gasteiger partial charge in [-0.3, -0.25) is 9.38 Å². The van der Waals surface area contributed by atoms with E-state index in [4.69, 9.17) is 21.3 Å². The third kappa shape index (κ3) is 4.15. The zero-order chi connectivity index (χ0) is 21.4. The van der Waals surface area contributed by atoms with Gasteiger partial charge in [-0.2, -0.15) is 0 Å². The standard InChI is InChI=1S/C23H29ClN6O/c1-28-9-11-29(12-10-28)22-7-3-6-21-27-20(15-30(21)22)18-13-16(31-2)14-19(26-18)23-17(24)5-4-8-25-23/h3-8,15-16,18-19,26H,9-14H2,1-2H3/t16-,18-,19+/m1/s1. The van der Waals surface area contributed by atoms with Gasteiger partial charge in [0.2, 0.25) is 0 Å². The Labute approximate surface area is 188 Å². The molecule has 0 amide bonds. The smallest absolute Gasteiger partial charge is 0.138 e. The van der Waals surface area contributed by atoms with Gasteiger partial charge in [-0.1, -0.05) is 17.7 Å². The number of piperazine rings is 1. The summed E-state index contributed by atoms with van der Waals surface area (Å²) in [6, 6.07) is 10.2. The highest BCUT2D eigenvalue weighted by Crippen LogP contribution is 2.35. The number of fused-ring (bicyclic) bond motifs is 1. The fourth-order valence-electron chi connectivity index (χ4n) is 4.72. The Balaban J connectivity index is 1.45. The van der Waals surface area contributed by atoms with Crippen LogP contribution < -0.4 is 10.2 Å². The molecule has 8 heteroatoms. The van der Waals surface area contributed by atoms with E-state index in [9.17, 15) is 0 Å². The lowest BCUT2D eigenvalue weighted by molar-refractivity contribution is 0.0441. The number of hydrogen-bond donors (Lipinski definition) is 1. The number of halogens is 1. The predicted molar refractivity (Wildman–Crippen MR) is 123 cm³/mol. The second kappa shape index (κ2) is 8.74. The van der Waals surface area contributed by atoms with Crippen molar-refractivity contribution in [2.24, 2.45) is 0 Å². The summed E-state index contributed by atoms with van der Waals surface area (Å²) in [5, 5.41) is 4.42. The largest absolute Gasteiger partial charge is 0.381 e. The Morgan fingerprint density at radius 2 is 1.87 bits per heavy atom. The van der Waals surface area contributed by atoms with Crippen LogP contribution in [0.3, 0.4) is 0 Å². The van der Waals surface area contributed by atoms with E-state index >= 15 is 0 Å². The average molecular weight is 441 g/mol. The molecule has 0 aromatic carbocycles. The molecule has 2 fully saturated rings. The number of ether oxygens (including phenoxy) is 1. The summed E-state index contributed by atoms with van der Waals surface area (Å²) in [4.78, 5) is 14.3. The van der Waals surface area contributed by atoms with E-state index in [1.165, 1.54) is 5.82 Å². The second-order valence-corrected chi connectivity index (χ2v) is 8.95. The second-order valence-electron chi connectivity index (χ2n) is 8.54. The highest BCUT2D eigenvalue weighted by molar-refractivity contribution is 6.31. The fraction of sp³-hybridized carbons (Fsp3) is 0.478. The topological polar surface area (TPSA) is 57.9 Å². The van der Waals surface area contributed by atoms with Crippen LogP contribution in [0.5, 0.6) is 0 Å². The third-order valence-corrected chi connectivity index (χ3v) is 6.84. The van der Waals surface area contributed by atoms with Crippen LogP contribution in [0.1, 0.15) is 36.3 Å². The molecule has 3 aromatic heterocycles. The van der Waals surface area contributed by atoms with Gasteiger partial charge in [0.05, 0.1) is 34.6 Å². The number of likely N-dealkylation sites (N-methyl/N-ethyl adjacent to an activating group) is 1. The van der Waals surface area contributed by atoms with Crippen LogP contribution in [0, 0.1) is 0 Å². The molecule has 0 aliphatic carbocycles. The molecule has 3 atom stereocenters. The fourth-order valence-corrected chi connectivity index (χ4v) is 4.97. The summed E-state index contributed by atoms with van der Waals surface area (Å²) in [7, 11) is 3.96. The molecule has 2 saturated heterocycles. The SMILES string of the molecule is CO[C@H]1C[C@@H](c2ncccc2Cl)N[C@@H](c2cn3c(N4CCN(C)CC4)cccc3n2)C1. The summed E-state index contributed by atoms with van der Waals surface area (Å²) < 4.78 is 8.00. The molecule has 0 bridgehead atoms. The molecule has 164 valence electrons. The van der Waals surface area contributed by atoms with E-state index in [1.54, 1.807) is 13.3 Å². The molecule has 5 heterocycles.